The molecular formula is C14H17N3O4. The van der Waals surface area contributed by atoms with Gasteiger partial charge in [-0.15, -0.1) is 0 Å². The normalized spacial score (nSPS) is 10.7. The Kier molecular flexibility index (Phi) is 4.42. The molecule has 0 atom stereocenters. The molecule has 2 aromatic rings. The highest BCUT2D eigenvalue weighted by Crippen LogP contribution is 2.14. The quantitative estimate of drug-likeness (QED) is 0.868. The van der Waals surface area contributed by atoms with E-state index in [1.165, 1.54) is 19.4 Å². The van der Waals surface area contributed by atoms with E-state index in [0.29, 0.717) is 5.69 Å². The number of carbonyl (C=O) groups is 1. The average Bonchev–Trinajstić information content (AvgIpc) is 2.93. The second kappa shape index (κ2) is 6.25. The van der Waals surface area contributed by atoms with Crippen LogP contribution in [0.15, 0.2) is 27.6 Å². The first-order valence-corrected chi connectivity index (χ1v) is 6.51. The number of pyridine rings is 1. The largest absolute Gasteiger partial charge is 0.491 e. The number of aromatic nitrogens is 2. The van der Waals surface area contributed by atoms with Crippen molar-refractivity contribution in [3.63, 3.8) is 0 Å². The number of amides is 1. The summed E-state index contributed by atoms with van der Waals surface area (Å²) in [6.45, 7) is 4.21. The smallest absolute Gasteiger partial charge is 0.268 e. The third-order valence-corrected chi connectivity index (χ3v) is 2.92. The summed E-state index contributed by atoms with van der Waals surface area (Å²) in [5, 5.41) is 6.53. The molecule has 0 unspecified atom stereocenters. The first-order valence-electron chi connectivity index (χ1n) is 6.51. The van der Waals surface area contributed by atoms with Gasteiger partial charge in [0.2, 0.25) is 5.43 Å². The van der Waals surface area contributed by atoms with E-state index < -0.39 is 5.91 Å². The van der Waals surface area contributed by atoms with Crippen LogP contribution in [-0.4, -0.2) is 23.2 Å². The lowest BCUT2D eigenvalue weighted by molar-refractivity contribution is 0.0945. The molecule has 21 heavy (non-hydrogen) atoms. The molecule has 0 bridgehead atoms. The van der Waals surface area contributed by atoms with E-state index in [9.17, 15) is 9.59 Å². The van der Waals surface area contributed by atoms with E-state index in [4.69, 9.17) is 9.26 Å². The number of nitrogens with zero attached hydrogens (tertiary/aromatic N) is 1. The van der Waals surface area contributed by atoms with Gasteiger partial charge in [0.05, 0.1) is 13.7 Å². The number of hydrogen-bond acceptors (Lipinski definition) is 5. The Bertz CT molecular complexity index is 688. The molecule has 0 spiro atoms. The van der Waals surface area contributed by atoms with E-state index >= 15 is 0 Å². The lowest BCUT2D eigenvalue weighted by Crippen LogP contribution is -2.25. The number of ether oxygens (including phenoxy) is 1. The van der Waals surface area contributed by atoms with Crippen LogP contribution in [0.2, 0.25) is 0 Å². The van der Waals surface area contributed by atoms with Crippen LogP contribution >= 0.6 is 0 Å². The number of nitrogens with one attached hydrogen (secondary N) is 2. The maximum Gasteiger partial charge on any atom is 0.268 e. The molecule has 0 saturated carbocycles. The minimum Gasteiger partial charge on any atom is -0.491 e. The number of methoxy groups -OCH3 is 1. The van der Waals surface area contributed by atoms with Crippen LogP contribution in [0.1, 0.15) is 41.7 Å². The Balaban J connectivity index is 2.01. The summed E-state index contributed by atoms with van der Waals surface area (Å²) in [6, 6.07) is 2.98. The summed E-state index contributed by atoms with van der Waals surface area (Å²) in [5.74, 6) is 0.755. The number of H-pyrrole nitrogens is 1. The zero-order valence-corrected chi connectivity index (χ0v) is 12.1. The third kappa shape index (κ3) is 3.50. The summed E-state index contributed by atoms with van der Waals surface area (Å²) in [6.07, 6.45) is 1.35. The van der Waals surface area contributed by atoms with Crippen LogP contribution in [-0.2, 0) is 6.54 Å². The van der Waals surface area contributed by atoms with Gasteiger partial charge in [0, 0.05) is 24.2 Å². The van der Waals surface area contributed by atoms with E-state index in [2.05, 4.69) is 15.5 Å². The van der Waals surface area contributed by atoms with E-state index in [-0.39, 0.29) is 29.3 Å². The SMILES string of the molecule is COc1c[nH]c(C(=O)NCc2cc(C(C)C)on2)cc1=O. The van der Waals surface area contributed by atoms with Gasteiger partial charge in [-0.3, -0.25) is 9.59 Å². The van der Waals surface area contributed by atoms with E-state index in [0.717, 1.165) is 5.76 Å². The molecule has 2 heterocycles. The van der Waals surface area contributed by atoms with Crippen molar-refractivity contribution in [3.8, 4) is 5.75 Å². The minimum absolute atomic E-state index is 0.157. The van der Waals surface area contributed by atoms with Crippen molar-refractivity contribution < 1.29 is 14.1 Å². The number of carbonyl (C=O) groups excluding carboxylic acids is 1. The molecule has 0 saturated heterocycles. The zero-order valence-electron chi connectivity index (χ0n) is 12.1. The predicted octanol–water partition coefficient (Wildman–Crippen LogP) is 1.42. The molecule has 0 fully saturated rings. The zero-order chi connectivity index (χ0) is 15.4. The van der Waals surface area contributed by atoms with Gasteiger partial charge < -0.3 is 19.6 Å². The molecule has 1 amide bonds. The number of hydrogen-bond donors (Lipinski definition) is 2. The van der Waals surface area contributed by atoms with Crippen molar-refractivity contribution in [2.45, 2.75) is 26.3 Å². The molecular weight excluding hydrogens is 274 g/mol. The Morgan fingerprint density at radius 3 is 2.81 bits per heavy atom. The highest BCUT2D eigenvalue weighted by atomic mass is 16.5. The Morgan fingerprint density at radius 1 is 1.48 bits per heavy atom. The highest BCUT2D eigenvalue weighted by Gasteiger charge is 2.11. The molecule has 7 nitrogen and oxygen atoms in total. The Morgan fingerprint density at radius 2 is 2.24 bits per heavy atom. The van der Waals surface area contributed by atoms with Gasteiger partial charge in [0.1, 0.15) is 17.1 Å². The maximum absolute atomic E-state index is 11.9. The first-order chi connectivity index (χ1) is 10.0. The lowest BCUT2D eigenvalue weighted by atomic mass is 10.1. The van der Waals surface area contributed by atoms with Crippen molar-refractivity contribution >= 4 is 5.91 Å². The minimum atomic E-state index is -0.399. The summed E-state index contributed by atoms with van der Waals surface area (Å²) < 4.78 is 9.97. The molecule has 2 N–H and O–H groups in total. The molecule has 0 aliphatic carbocycles. The molecule has 2 rings (SSSR count). The molecule has 112 valence electrons. The fourth-order valence-electron chi connectivity index (χ4n) is 1.70. The maximum atomic E-state index is 11.9. The van der Waals surface area contributed by atoms with Gasteiger partial charge in [0.15, 0.2) is 5.75 Å². The second-order valence-corrected chi connectivity index (χ2v) is 4.84. The van der Waals surface area contributed by atoms with Crippen molar-refractivity contribution in [1.29, 1.82) is 0 Å². The predicted molar refractivity (Wildman–Crippen MR) is 75.4 cm³/mol. The second-order valence-electron chi connectivity index (χ2n) is 4.84. The fourth-order valence-corrected chi connectivity index (χ4v) is 1.70. The van der Waals surface area contributed by atoms with Crippen LogP contribution in [0.3, 0.4) is 0 Å². The lowest BCUT2D eigenvalue weighted by Gasteiger charge is -2.04. The van der Waals surface area contributed by atoms with Crippen molar-refractivity contribution in [1.82, 2.24) is 15.5 Å². The summed E-state index contributed by atoms with van der Waals surface area (Å²) >= 11 is 0. The van der Waals surface area contributed by atoms with E-state index in [1.807, 2.05) is 13.8 Å². The van der Waals surface area contributed by atoms with Crippen molar-refractivity contribution in [2.24, 2.45) is 0 Å². The summed E-state index contributed by atoms with van der Waals surface area (Å²) in [5.41, 5.74) is 0.432. The summed E-state index contributed by atoms with van der Waals surface area (Å²) in [7, 11) is 1.39. The van der Waals surface area contributed by atoms with Crippen molar-refractivity contribution in [2.75, 3.05) is 7.11 Å². The third-order valence-electron chi connectivity index (χ3n) is 2.92. The van der Waals surface area contributed by atoms with Gasteiger partial charge in [-0.1, -0.05) is 19.0 Å². The first kappa shape index (κ1) is 14.8. The number of rotatable bonds is 5. The van der Waals surface area contributed by atoms with Gasteiger partial charge in [-0.2, -0.15) is 0 Å². The molecule has 0 radical (unpaired) electrons. The average molecular weight is 291 g/mol. The standard InChI is InChI=1S/C14H17N3O4/c1-8(2)12-4-9(17-21-12)6-16-14(19)10-5-11(18)13(20-3)7-15-10/h4-5,7-8H,6H2,1-3H3,(H,15,18)(H,16,19). The highest BCUT2D eigenvalue weighted by molar-refractivity contribution is 5.92. The van der Waals surface area contributed by atoms with Crippen LogP contribution in [0.4, 0.5) is 0 Å². The monoisotopic (exact) mass is 291 g/mol. The Hall–Kier alpha value is -2.57. The van der Waals surface area contributed by atoms with Gasteiger partial charge >= 0.3 is 0 Å². The fraction of sp³-hybridized carbons (Fsp3) is 0.357. The van der Waals surface area contributed by atoms with Gasteiger partial charge in [-0.25, -0.2) is 0 Å². The number of aromatic amines is 1. The molecule has 2 aromatic heterocycles. The summed E-state index contributed by atoms with van der Waals surface area (Å²) in [4.78, 5) is 26.2. The van der Waals surface area contributed by atoms with Gasteiger partial charge in [0.25, 0.3) is 5.91 Å². The Labute approximate surface area is 121 Å². The topological polar surface area (TPSA) is 97.2 Å². The van der Waals surface area contributed by atoms with E-state index in [1.54, 1.807) is 6.07 Å². The van der Waals surface area contributed by atoms with Gasteiger partial charge in [-0.05, 0) is 0 Å². The molecule has 0 aliphatic heterocycles. The van der Waals surface area contributed by atoms with Crippen LogP contribution in [0.25, 0.3) is 0 Å². The molecule has 0 aromatic carbocycles. The van der Waals surface area contributed by atoms with Crippen LogP contribution in [0, 0.1) is 0 Å². The molecule has 7 heteroatoms. The van der Waals surface area contributed by atoms with Crippen molar-refractivity contribution in [3.05, 3.63) is 45.7 Å². The van der Waals surface area contributed by atoms with Crippen LogP contribution in [0.5, 0.6) is 5.75 Å². The molecule has 0 aliphatic rings. The van der Waals surface area contributed by atoms with Crippen LogP contribution < -0.4 is 15.5 Å².